The van der Waals surface area contributed by atoms with E-state index in [2.05, 4.69) is 81.4 Å². The summed E-state index contributed by atoms with van der Waals surface area (Å²) in [4.78, 5) is 1.39. The highest BCUT2D eigenvalue weighted by molar-refractivity contribution is 9.11. The summed E-state index contributed by atoms with van der Waals surface area (Å²) in [5.74, 6) is 0. The van der Waals surface area contributed by atoms with Gasteiger partial charge in [-0.05, 0) is 71.6 Å². The van der Waals surface area contributed by atoms with Crippen LogP contribution in [0.1, 0.15) is 35.4 Å². The Kier molecular flexibility index (Phi) is 6.27. The molecular weight excluding hydrogens is 398 g/mol. The lowest BCUT2D eigenvalue weighted by Crippen LogP contribution is -2.24. The Morgan fingerprint density at radius 3 is 2.65 bits per heavy atom. The Bertz CT molecular complexity index is 565. The van der Waals surface area contributed by atoms with Crippen molar-refractivity contribution >= 4 is 43.2 Å². The predicted octanol–water partition coefficient (Wildman–Crippen LogP) is 5.86. The van der Waals surface area contributed by atoms with Crippen LogP contribution in [0.5, 0.6) is 0 Å². The molecule has 2 aromatic rings. The molecular formula is C16H19Br2NS. The summed E-state index contributed by atoms with van der Waals surface area (Å²) in [5, 5.41) is 3.68. The molecule has 0 aliphatic rings. The van der Waals surface area contributed by atoms with Crippen molar-refractivity contribution in [3.63, 3.8) is 0 Å². The monoisotopic (exact) mass is 415 g/mol. The molecule has 1 aromatic heterocycles. The summed E-state index contributed by atoms with van der Waals surface area (Å²) < 4.78 is 2.36. The third kappa shape index (κ3) is 4.42. The van der Waals surface area contributed by atoms with Crippen LogP contribution in [0, 0.1) is 6.92 Å². The number of aryl methyl sites for hydroxylation is 1. The summed E-state index contributed by atoms with van der Waals surface area (Å²) in [5.41, 5.74) is 2.77. The quantitative estimate of drug-likeness (QED) is 0.621. The van der Waals surface area contributed by atoms with Crippen LogP contribution in [0.4, 0.5) is 0 Å². The summed E-state index contributed by atoms with van der Waals surface area (Å²) in [6.07, 6.45) is 2.17. The molecule has 0 saturated carbocycles. The zero-order chi connectivity index (χ0) is 14.5. The first-order valence-corrected chi connectivity index (χ1v) is 9.24. The minimum Gasteiger partial charge on any atom is -0.310 e. The minimum atomic E-state index is 0.381. The van der Waals surface area contributed by atoms with E-state index in [1.165, 1.54) is 19.8 Å². The number of rotatable bonds is 6. The van der Waals surface area contributed by atoms with Gasteiger partial charge in [-0.15, -0.1) is 11.3 Å². The van der Waals surface area contributed by atoms with Gasteiger partial charge in [-0.1, -0.05) is 35.0 Å². The van der Waals surface area contributed by atoms with Gasteiger partial charge in [-0.25, -0.2) is 0 Å². The molecule has 0 aliphatic carbocycles. The average Bonchev–Trinajstić information content (AvgIpc) is 2.73. The van der Waals surface area contributed by atoms with Crippen LogP contribution in [0.25, 0.3) is 0 Å². The van der Waals surface area contributed by atoms with Crippen molar-refractivity contribution in [2.75, 3.05) is 6.54 Å². The lowest BCUT2D eigenvalue weighted by atomic mass is 9.99. The largest absolute Gasteiger partial charge is 0.310 e. The van der Waals surface area contributed by atoms with Crippen LogP contribution in [0.15, 0.2) is 38.6 Å². The lowest BCUT2D eigenvalue weighted by molar-refractivity contribution is 0.528. The number of hydrogen-bond donors (Lipinski definition) is 1. The number of thiophene rings is 1. The molecule has 1 unspecified atom stereocenters. The molecule has 4 heteroatoms. The van der Waals surface area contributed by atoms with E-state index in [0.717, 1.165) is 23.9 Å². The minimum absolute atomic E-state index is 0.381. The topological polar surface area (TPSA) is 12.0 Å². The average molecular weight is 417 g/mol. The molecule has 108 valence electrons. The Morgan fingerprint density at radius 1 is 1.25 bits per heavy atom. The first kappa shape index (κ1) is 16.2. The van der Waals surface area contributed by atoms with Crippen molar-refractivity contribution in [2.45, 2.75) is 32.7 Å². The van der Waals surface area contributed by atoms with Crippen molar-refractivity contribution < 1.29 is 0 Å². The third-order valence-electron chi connectivity index (χ3n) is 3.27. The van der Waals surface area contributed by atoms with Gasteiger partial charge in [0.25, 0.3) is 0 Å². The molecule has 0 saturated heterocycles. The SMILES string of the molecule is CCCNC(Cc1cccc(Br)c1)c1cc(Br)sc1C. The molecule has 1 heterocycles. The van der Waals surface area contributed by atoms with E-state index in [9.17, 15) is 0 Å². The zero-order valence-electron chi connectivity index (χ0n) is 11.7. The Balaban J connectivity index is 2.21. The smallest absolute Gasteiger partial charge is 0.0704 e. The Hall–Kier alpha value is -0.160. The molecule has 0 bridgehead atoms. The number of halogens is 2. The fraction of sp³-hybridized carbons (Fsp3) is 0.375. The van der Waals surface area contributed by atoms with E-state index in [0.29, 0.717) is 6.04 Å². The van der Waals surface area contributed by atoms with E-state index in [4.69, 9.17) is 0 Å². The van der Waals surface area contributed by atoms with Gasteiger partial charge >= 0.3 is 0 Å². The van der Waals surface area contributed by atoms with Gasteiger partial charge in [0.15, 0.2) is 0 Å². The molecule has 20 heavy (non-hydrogen) atoms. The molecule has 0 spiro atoms. The fourth-order valence-corrected chi connectivity index (χ4v) is 4.53. The van der Waals surface area contributed by atoms with Gasteiger partial charge in [0, 0.05) is 15.4 Å². The summed E-state index contributed by atoms with van der Waals surface area (Å²) in [7, 11) is 0. The van der Waals surface area contributed by atoms with Crippen molar-refractivity contribution in [2.24, 2.45) is 0 Å². The lowest BCUT2D eigenvalue weighted by Gasteiger charge is -2.19. The van der Waals surface area contributed by atoms with Gasteiger partial charge in [0.1, 0.15) is 0 Å². The highest BCUT2D eigenvalue weighted by Gasteiger charge is 2.16. The Labute approximate surface area is 142 Å². The van der Waals surface area contributed by atoms with Gasteiger partial charge < -0.3 is 5.32 Å². The van der Waals surface area contributed by atoms with Crippen LogP contribution in [-0.4, -0.2) is 6.54 Å². The summed E-state index contributed by atoms with van der Waals surface area (Å²) in [6, 6.07) is 11.2. The van der Waals surface area contributed by atoms with Crippen molar-refractivity contribution in [3.8, 4) is 0 Å². The maximum absolute atomic E-state index is 3.68. The molecule has 0 aliphatic heterocycles. The van der Waals surface area contributed by atoms with Crippen LogP contribution >= 0.6 is 43.2 Å². The number of nitrogens with one attached hydrogen (secondary N) is 1. The van der Waals surface area contributed by atoms with Crippen molar-refractivity contribution in [3.05, 3.63) is 54.6 Å². The second-order valence-electron chi connectivity index (χ2n) is 4.90. The van der Waals surface area contributed by atoms with Crippen LogP contribution in [0.3, 0.4) is 0 Å². The standard InChI is InChI=1S/C16H19Br2NS/c1-3-7-19-15(14-10-16(18)20-11(14)2)9-12-5-4-6-13(17)8-12/h4-6,8,10,15,19H,3,7,9H2,1-2H3. The van der Waals surface area contributed by atoms with Gasteiger partial charge in [0.05, 0.1) is 3.79 Å². The van der Waals surface area contributed by atoms with Crippen LogP contribution < -0.4 is 5.32 Å². The van der Waals surface area contributed by atoms with E-state index >= 15 is 0 Å². The Morgan fingerprint density at radius 2 is 2.05 bits per heavy atom. The van der Waals surface area contributed by atoms with E-state index in [1.54, 1.807) is 0 Å². The second-order valence-corrected chi connectivity index (χ2v) is 8.45. The molecule has 0 fully saturated rings. The molecule has 1 atom stereocenters. The van der Waals surface area contributed by atoms with Gasteiger partial charge in [-0.3, -0.25) is 0 Å². The maximum atomic E-state index is 3.68. The maximum Gasteiger partial charge on any atom is 0.0704 e. The highest BCUT2D eigenvalue weighted by atomic mass is 79.9. The molecule has 1 nitrogen and oxygen atoms in total. The van der Waals surface area contributed by atoms with E-state index in [1.807, 2.05) is 11.3 Å². The van der Waals surface area contributed by atoms with Crippen LogP contribution in [-0.2, 0) is 6.42 Å². The fourth-order valence-electron chi connectivity index (χ4n) is 2.31. The van der Waals surface area contributed by atoms with E-state index in [-0.39, 0.29) is 0 Å². The van der Waals surface area contributed by atoms with Crippen LogP contribution in [0.2, 0.25) is 0 Å². The number of benzene rings is 1. The van der Waals surface area contributed by atoms with Crippen molar-refractivity contribution in [1.29, 1.82) is 0 Å². The zero-order valence-corrected chi connectivity index (χ0v) is 15.7. The van der Waals surface area contributed by atoms with Gasteiger partial charge in [-0.2, -0.15) is 0 Å². The third-order valence-corrected chi connectivity index (χ3v) is 5.33. The van der Waals surface area contributed by atoms with Gasteiger partial charge in [0.2, 0.25) is 0 Å². The summed E-state index contributed by atoms with van der Waals surface area (Å²) >= 11 is 8.97. The normalized spacial score (nSPS) is 12.6. The van der Waals surface area contributed by atoms with E-state index < -0.39 is 0 Å². The number of hydrogen-bond acceptors (Lipinski definition) is 2. The molecule has 1 N–H and O–H groups in total. The first-order chi connectivity index (χ1) is 9.60. The predicted molar refractivity (Wildman–Crippen MR) is 95.6 cm³/mol. The summed E-state index contributed by atoms with van der Waals surface area (Å²) in [6.45, 7) is 5.46. The molecule has 0 radical (unpaired) electrons. The molecule has 2 rings (SSSR count). The molecule has 1 aromatic carbocycles. The highest BCUT2D eigenvalue weighted by Crippen LogP contribution is 2.32. The second kappa shape index (κ2) is 7.74. The van der Waals surface area contributed by atoms with Crippen molar-refractivity contribution in [1.82, 2.24) is 5.32 Å². The molecule has 0 amide bonds. The first-order valence-electron chi connectivity index (χ1n) is 6.83.